The van der Waals surface area contributed by atoms with Crippen molar-refractivity contribution in [2.75, 3.05) is 30.0 Å². The molecule has 0 aliphatic heterocycles. The molecule has 0 fully saturated rings. The number of hydrogen-bond donors (Lipinski definition) is 3. The van der Waals surface area contributed by atoms with Crippen LogP contribution in [0.5, 0.6) is 0 Å². The molecule has 0 saturated carbocycles. The first-order valence-corrected chi connectivity index (χ1v) is 7.22. The van der Waals surface area contributed by atoms with E-state index >= 15 is 0 Å². The van der Waals surface area contributed by atoms with Gasteiger partial charge in [-0.1, -0.05) is 0 Å². The third-order valence-corrected chi connectivity index (χ3v) is 2.91. The van der Waals surface area contributed by atoms with E-state index in [1.54, 1.807) is 7.05 Å². The second kappa shape index (κ2) is 5.75. The normalized spacial score (nSPS) is 11.3. The number of nitrogens with two attached hydrogens (primary N) is 1. The summed E-state index contributed by atoms with van der Waals surface area (Å²) in [6, 6.07) is 0. The molecule has 0 aliphatic carbocycles. The summed E-state index contributed by atoms with van der Waals surface area (Å²) in [7, 11) is -1.89. The molecule has 20 heavy (non-hydrogen) atoms. The maximum atomic E-state index is 10.8. The summed E-state index contributed by atoms with van der Waals surface area (Å²) < 4.78 is 23.1. The Morgan fingerprint density at radius 3 is 2.65 bits per heavy atom. The smallest absolute Gasteiger partial charge is 0.258 e. The molecule has 0 aliphatic rings. The molecule has 0 unspecified atom stereocenters. The lowest BCUT2D eigenvalue weighted by Crippen LogP contribution is -2.23. The summed E-state index contributed by atoms with van der Waals surface area (Å²) in [5, 5.41) is 14.3. The fourth-order valence-corrected chi connectivity index (χ4v) is 1.66. The standard InChI is InChI=1S/C8H13N9O2S/c1-10-6-14-7(12-2-3-20(9,18)19)16-8(15-6)17-5-11-4-13-17/h4-5H,2-3H2,1H3,(H2,9,18,19)(H2,10,12,14,15,16). The van der Waals surface area contributed by atoms with E-state index < -0.39 is 10.0 Å². The summed E-state index contributed by atoms with van der Waals surface area (Å²) in [5.41, 5.74) is 0. The Kier molecular flexibility index (Phi) is 4.05. The van der Waals surface area contributed by atoms with E-state index in [2.05, 4.69) is 35.7 Å². The minimum absolute atomic E-state index is 0.0861. The van der Waals surface area contributed by atoms with Gasteiger partial charge in [-0.25, -0.2) is 18.5 Å². The molecule has 11 nitrogen and oxygen atoms in total. The lowest BCUT2D eigenvalue weighted by molar-refractivity contribution is 0.598. The van der Waals surface area contributed by atoms with Crippen LogP contribution in [0.15, 0.2) is 12.7 Å². The number of anilines is 2. The number of primary sulfonamides is 1. The molecule has 2 aromatic rings. The summed E-state index contributed by atoms with van der Waals surface area (Å²) >= 11 is 0. The van der Waals surface area contributed by atoms with Gasteiger partial charge in [-0.3, -0.25) is 0 Å². The van der Waals surface area contributed by atoms with Crippen molar-refractivity contribution in [3.8, 4) is 5.95 Å². The van der Waals surface area contributed by atoms with Crippen LogP contribution in [0.4, 0.5) is 11.9 Å². The predicted molar refractivity (Wildman–Crippen MR) is 70.8 cm³/mol. The van der Waals surface area contributed by atoms with Crippen LogP contribution in [-0.2, 0) is 10.0 Å². The zero-order valence-corrected chi connectivity index (χ0v) is 11.4. The molecule has 0 aromatic carbocycles. The monoisotopic (exact) mass is 299 g/mol. The van der Waals surface area contributed by atoms with Crippen LogP contribution in [0.25, 0.3) is 5.95 Å². The van der Waals surface area contributed by atoms with E-state index in [9.17, 15) is 8.42 Å². The van der Waals surface area contributed by atoms with Gasteiger partial charge in [-0.2, -0.15) is 24.7 Å². The zero-order valence-electron chi connectivity index (χ0n) is 10.6. The van der Waals surface area contributed by atoms with Crippen molar-refractivity contribution in [1.82, 2.24) is 29.7 Å². The maximum Gasteiger partial charge on any atom is 0.258 e. The van der Waals surface area contributed by atoms with E-state index in [-0.39, 0.29) is 24.2 Å². The fraction of sp³-hybridized carbons (Fsp3) is 0.375. The Bertz CT molecular complexity index is 669. The molecule has 12 heteroatoms. The third-order valence-electron chi connectivity index (χ3n) is 2.14. The summed E-state index contributed by atoms with van der Waals surface area (Å²) in [5.74, 6) is 0.536. The predicted octanol–water partition coefficient (Wildman–Crippen LogP) is -1.81. The highest BCUT2D eigenvalue weighted by molar-refractivity contribution is 7.89. The fourth-order valence-electron chi connectivity index (χ4n) is 1.27. The van der Waals surface area contributed by atoms with Gasteiger partial charge in [0.1, 0.15) is 12.7 Å². The molecule has 2 heterocycles. The van der Waals surface area contributed by atoms with Gasteiger partial charge < -0.3 is 10.6 Å². The molecular weight excluding hydrogens is 286 g/mol. The van der Waals surface area contributed by atoms with E-state index in [0.29, 0.717) is 5.95 Å². The highest BCUT2D eigenvalue weighted by Crippen LogP contribution is 2.07. The van der Waals surface area contributed by atoms with Crippen molar-refractivity contribution in [3.63, 3.8) is 0 Å². The van der Waals surface area contributed by atoms with Crippen LogP contribution in [0, 0.1) is 0 Å². The van der Waals surface area contributed by atoms with Crippen molar-refractivity contribution in [3.05, 3.63) is 12.7 Å². The number of sulfonamides is 1. The maximum absolute atomic E-state index is 10.8. The largest absolute Gasteiger partial charge is 0.357 e. The molecule has 0 saturated heterocycles. The van der Waals surface area contributed by atoms with Gasteiger partial charge in [-0.15, -0.1) is 0 Å². The second-order valence-corrected chi connectivity index (χ2v) is 5.40. The molecule has 0 atom stereocenters. The minimum atomic E-state index is -3.54. The minimum Gasteiger partial charge on any atom is -0.357 e. The highest BCUT2D eigenvalue weighted by Gasteiger charge is 2.09. The van der Waals surface area contributed by atoms with Gasteiger partial charge in [0.15, 0.2) is 0 Å². The quantitative estimate of drug-likeness (QED) is 0.560. The first kappa shape index (κ1) is 14.1. The SMILES string of the molecule is CNc1nc(NCCS(N)(=O)=O)nc(-n2cncn2)n1. The Hall–Kier alpha value is -2.34. The van der Waals surface area contributed by atoms with Crippen LogP contribution in [0.2, 0.25) is 0 Å². The lowest BCUT2D eigenvalue weighted by atomic mass is 10.7. The van der Waals surface area contributed by atoms with E-state index in [1.165, 1.54) is 17.3 Å². The second-order valence-electron chi connectivity index (χ2n) is 3.67. The van der Waals surface area contributed by atoms with E-state index in [0.717, 1.165) is 0 Å². The Morgan fingerprint density at radius 2 is 2.05 bits per heavy atom. The van der Waals surface area contributed by atoms with Crippen molar-refractivity contribution in [2.24, 2.45) is 5.14 Å². The zero-order chi connectivity index (χ0) is 14.6. The Labute approximate surface area is 114 Å². The molecule has 0 amide bonds. The molecule has 2 aromatic heterocycles. The summed E-state index contributed by atoms with van der Waals surface area (Å²) in [4.78, 5) is 16.0. The van der Waals surface area contributed by atoms with Crippen LogP contribution < -0.4 is 15.8 Å². The van der Waals surface area contributed by atoms with Crippen LogP contribution in [0.1, 0.15) is 0 Å². The van der Waals surface area contributed by atoms with Gasteiger partial charge in [-0.05, 0) is 0 Å². The average Bonchev–Trinajstić information content (AvgIpc) is 2.90. The first-order chi connectivity index (χ1) is 9.48. The Morgan fingerprint density at radius 1 is 1.30 bits per heavy atom. The van der Waals surface area contributed by atoms with Crippen molar-refractivity contribution < 1.29 is 8.42 Å². The molecule has 0 radical (unpaired) electrons. The van der Waals surface area contributed by atoms with E-state index in [1.807, 2.05) is 0 Å². The van der Waals surface area contributed by atoms with Gasteiger partial charge in [0.05, 0.1) is 5.75 Å². The molecular formula is C8H13N9O2S. The molecule has 2 rings (SSSR count). The topological polar surface area (TPSA) is 154 Å². The van der Waals surface area contributed by atoms with Gasteiger partial charge in [0.2, 0.25) is 21.9 Å². The number of aromatic nitrogens is 6. The molecule has 0 spiro atoms. The van der Waals surface area contributed by atoms with Gasteiger partial charge >= 0.3 is 0 Å². The van der Waals surface area contributed by atoms with Crippen LogP contribution in [-0.4, -0.2) is 57.5 Å². The summed E-state index contributed by atoms with van der Waals surface area (Å²) in [6.45, 7) is 0.0861. The highest BCUT2D eigenvalue weighted by atomic mass is 32.2. The van der Waals surface area contributed by atoms with Crippen LogP contribution >= 0.6 is 0 Å². The average molecular weight is 299 g/mol. The molecule has 108 valence electrons. The number of hydrogen-bond acceptors (Lipinski definition) is 9. The molecule has 0 bridgehead atoms. The van der Waals surface area contributed by atoms with Crippen molar-refractivity contribution in [1.29, 1.82) is 0 Å². The van der Waals surface area contributed by atoms with Gasteiger partial charge in [0.25, 0.3) is 5.95 Å². The van der Waals surface area contributed by atoms with E-state index in [4.69, 9.17) is 5.14 Å². The lowest BCUT2D eigenvalue weighted by Gasteiger charge is -2.07. The third kappa shape index (κ3) is 3.83. The van der Waals surface area contributed by atoms with Crippen molar-refractivity contribution in [2.45, 2.75) is 0 Å². The Balaban J connectivity index is 2.18. The first-order valence-electron chi connectivity index (χ1n) is 5.51. The number of rotatable bonds is 6. The van der Waals surface area contributed by atoms with Crippen LogP contribution in [0.3, 0.4) is 0 Å². The molecule has 4 N–H and O–H groups in total. The number of nitrogens with zero attached hydrogens (tertiary/aromatic N) is 6. The summed E-state index contributed by atoms with van der Waals surface area (Å²) in [6.07, 6.45) is 2.78. The van der Waals surface area contributed by atoms with Crippen molar-refractivity contribution >= 4 is 21.9 Å². The van der Waals surface area contributed by atoms with Gasteiger partial charge in [0, 0.05) is 13.6 Å². The number of nitrogens with one attached hydrogen (secondary N) is 2.